The normalized spacial score (nSPS) is 10.4. The number of rotatable bonds is 12. The van der Waals surface area contributed by atoms with E-state index in [0.717, 1.165) is 31.4 Å². The van der Waals surface area contributed by atoms with Crippen LogP contribution in [0.25, 0.3) is 0 Å². The van der Waals surface area contributed by atoms with Crippen LogP contribution in [-0.4, -0.2) is 36.6 Å². The lowest BCUT2D eigenvalue weighted by molar-refractivity contribution is 1.00. The first-order valence-electron chi connectivity index (χ1n) is 15.3. The summed E-state index contributed by atoms with van der Waals surface area (Å²) in [4.78, 5) is 27.4. The number of aryl methyl sites for hydroxylation is 2. The first-order chi connectivity index (χ1) is 24.7. The van der Waals surface area contributed by atoms with Crippen molar-refractivity contribution in [2.45, 2.75) is 13.8 Å². The van der Waals surface area contributed by atoms with Crippen LogP contribution in [0.4, 0.5) is 58.4 Å². The van der Waals surface area contributed by atoms with Gasteiger partial charge in [0.1, 0.15) is 0 Å². The Labute approximate surface area is 310 Å². The summed E-state index contributed by atoms with van der Waals surface area (Å²) in [5.74, 6) is 1.63. The summed E-state index contributed by atoms with van der Waals surface area (Å²) >= 11 is 7.19. The van der Waals surface area contributed by atoms with Crippen LogP contribution in [0.2, 0.25) is 0 Å². The Hall–Kier alpha value is -6.36. The smallest absolute Gasteiger partial charge is 0.233 e. The van der Waals surface area contributed by atoms with E-state index in [1.807, 2.05) is 50.2 Å². The average Bonchev–Trinajstić information content (AvgIpc) is 3.11. The first-order valence-corrected chi connectivity index (χ1v) is 16.9. The third-order valence-corrected chi connectivity index (χ3v) is 8.36. The van der Waals surface area contributed by atoms with Crippen LogP contribution in [0.15, 0.2) is 93.9 Å². The van der Waals surface area contributed by atoms with Crippen LogP contribution < -0.4 is 31.9 Å². The molecule has 6 rings (SSSR count). The van der Waals surface area contributed by atoms with Gasteiger partial charge in [-0.25, -0.2) is 0 Å². The molecule has 14 nitrogen and oxygen atoms in total. The Balaban J connectivity index is 1.24. The maximum atomic E-state index is 9.18. The van der Waals surface area contributed by atoms with Gasteiger partial charge in [0.15, 0.2) is 0 Å². The fourth-order valence-electron chi connectivity index (χ4n) is 4.53. The maximum absolute atomic E-state index is 9.18. The zero-order chi connectivity index (χ0) is 35.7. The second-order valence-corrected chi connectivity index (χ2v) is 12.7. The van der Waals surface area contributed by atoms with Crippen molar-refractivity contribution in [3.05, 3.63) is 116 Å². The molecule has 0 unspecified atom stereocenters. The molecule has 0 aliphatic rings. The van der Waals surface area contributed by atoms with E-state index in [4.69, 9.17) is 0 Å². The van der Waals surface area contributed by atoms with Crippen LogP contribution in [-0.2, 0) is 0 Å². The highest BCUT2D eigenvalue weighted by molar-refractivity contribution is 9.11. The highest BCUT2D eigenvalue weighted by Crippen LogP contribution is 2.28. The summed E-state index contributed by atoms with van der Waals surface area (Å²) in [5.41, 5.74) is 6.19. The van der Waals surface area contributed by atoms with Crippen molar-refractivity contribution in [2.75, 3.05) is 38.6 Å². The predicted molar refractivity (Wildman–Crippen MR) is 205 cm³/mol. The molecule has 16 heteroatoms. The molecule has 0 aliphatic carbocycles. The van der Waals surface area contributed by atoms with Crippen molar-refractivity contribution in [1.29, 1.82) is 10.5 Å². The minimum Gasteiger partial charge on any atom is -0.337 e. The molecule has 0 fully saturated rings. The molecule has 0 amide bonds. The summed E-state index contributed by atoms with van der Waals surface area (Å²) in [6.45, 7) is 4.14. The van der Waals surface area contributed by atoms with Gasteiger partial charge in [-0.1, -0.05) is 12.1 Å². The van der Waals surface area contributed by atoms with Crippen molar-refractivity contribution < 1.29 is 0 Å². The molecular formula is C35H28Br2N14. The largest absolute Gasteiger partial charge is 0.337 e. The molecule has 4 aromatic carbocycles. The number of nitrogens with zero attached hydrogens (tertiary/aromatic N) is 8. The van der Waals surface area contributed by atoms with Crippen LogP contribution in [0.3, 0.4) is 0 Å². The lowest BCUT2D eigenvalue weighted by Crippen LogP contribution is -2.18. The van der Waals surface area contributed by atoms with Crippen molar-refractivity contribution >= 4 is 90.3 Å². The molecule has 0 saturated heterocycles. The molecular weight excluding hydrogens is 776 g/mol. The summed E-state index contributed by atoms with van der Waals surface area (Å²) in [6.07, 6.45) is 0. The van der Waals surface area contributed by atoms with Gasteiger partial charge in [0.05, 0.1) is 41.3 Å². The van der Waals surface area contributed by atoms with Crippen molar-refractivity contribution in [2.24, 2.45) is 0 Å². The van der Waals surface area contributed by atoms with Gasteiger partial charge in [0.25, 0.3) is 0 Å². The Morgan fingerprint density at radius 1 is 0.490 bits per heavy atom. The topological polar surface area (TPSA) is 197 Å². The zero-order valence-electron chi connectivity index (χ0n) is 27.1. The number of aromatic nitrogens is 6. The summed E-state index contributed by atoms with van der Waals surface area (Å²) < 4.78 is 1.70. The zero-order valence-corrected chi connectivity index (χ0v) is 30.3. The molecule has 2 heterocycles. The van der Waals surface area contributed by atoms with Crippen molar-refractivity contribution in [3.8, 4) is 12.1 Å². The second-order valence-electron chi connectivity index (χ2n) is 11.0. The van der Waals surface area contributed by atoms with Crippen LogP contribution in [0.5, 0.6) is 0 Å². The standard InChI is InChI=1S/C35H28Br2N14/c1-20-3-13-28(26(36)15-20)44-34-48-30(46-32(50-34)42-24-9-5-22(17-38)6-10-24)40-19-41-31-47-33(43-25-11-7-23(18-39)8-12-25)51-35(49-31)45-29-14-4-21(2)16-27(29)37/h3-16H,19H2,1-2H3,(H3,40,42,44,46,48,50)(H3,41,43,45,47,49,51). The minimum atomic E-state index is 0.127. The molecule has 6 N–H and O–H groups in total. The van der Waals surface area contributed by atoms with Crippen LogP contribution >= 0.6 is 31.9 Å². The fourth-order valence-corrected chi connectivity index (χ4v) is 5.72. The van der Waals surface area contributed by atoms with Gasteiger partial charge in [-0.15, -0.1) is 0 Å². The molecule has 0 bridgehead atoms. The summed E-state index contributed by atoms with van der Waals surface area (Å²) in [6, 6.07) is 29.9. The van der Waals surface area contributed by atoms with Gasteiger partial charge in [0.2, 0.25) is 35.7 Å². The second kappa shape index (κ2) is 15.9. The summed E-state index contributed by atoms with van der Waals surface area (Å²) in [5, 5.41) is 37.5. The average molecular weight is 805 g/mol. The predicted octanol–water partition coefficient (Wildman–Crippen LogP) is 8.40. The molecule has 2 aromatic heterocycles. The third kappa shape index (κ3) is 9.42. The third-order valence-electron chi connectivity index (χ3n) is 7.05. The van der Waals surface area contributed by atoms with Gasteiger partial charge in [-0.2, -0.15) is 40.4 Å². The van der Waals surface area contributed by atoms with Gasteiger partial charge in [0, 0.05) is 20.3 Å². The molecule has 6 aromatic rings. The molecule has 0 atom stereocenters. The quantitative estimate of drug-likeness (QED) is 0.0645. The number of halogens is 2. The molecule has 0 radical (unpaired) electrons. The van der Waals surface area contributed by atoms with Crippen molar-refractivity contribution in [3.63, 3.8) is 0 Å². The number of benzene rings is 4. The number of hydrogen-bond donors (Lipinski definition) is 6. The monoisotopic (exact) mass is 802 g/mol. The van der Waals surface area contributed by atoms with E-state index >= 15 is 0 Å². The van der Waals surface area contributed by atoms with Crippen LogP contribution in [0.1, 0.15) is 22.3 Å². The van der Waals surface area contributed by atoms with E-state index in [2.05, 4.69) is 106 Å². The van der Waals surface area contributed by atoms with Gasteiger partial charge in [-0.05, 0) is 130 Å². The fraction of sp³-hybridized carbons (Fsp3) is 0.0857. The highest BCUT2D eigenvalue weighted by atomic mass is 79.9. The molecule has 0 aliphatic heterocycles. The van der Waals surface area contributed by atoms with E-state index < -0.39 is 0 Å². The van der Waals surface area contributed by atoms with E-state index in [9.17, 15) is 10.5 Å². The van der Waals surface area contributed by atoms with E-state index in [-0.39, 0.29) is 42.4 Å². The lowest BCUT2D eigenvalue weighted by atomic mass is 10.2. The van der Waals surface area contributed by atoms with E-state index in [1.165, 1.54) is 0 Å². The Morgan fingerprint density at radius 2 is 0.843 bits per heavy atom. The lowest BCUT2D eigenvalue weighted by Gasteiger charge is -2.14. The Bertz CT molecular complexity index is 2110. The SMILES string of the molecule is Cc1ccc(Nc2nc(NCNc3nc(Nc4ccc(C#N)cc4)nc(Nc4ccc(C)cc4Br)n3)nc(Nc3ccc(C#N)cc3)n2)c(Br)c1. The number of nitrogens with one attached hydrogen (secondary N) is 6. The first kappa shape index (κ1) is 34.5. The molecule has 252 valence electrons. The number of anilines is 10. The minimum absolute atomic E-state index is 0.127. The molecule has 51 heavy (non-hydrogen) atoms. The van der Waals surface area contributed by atoms with E-state index in [1.54, 1.807) is 48.5 Å². The summed E-state index contributed by atoms with van der Waals surface area (Å²) in [7, 11) is 0. The van der Waals surface area contributed by atoms with Gasteiger partial charge in [-0.3, -0.25) is 0 Å². The van der Waals surface area contributed by atoms with E-state index in [0.29, 0.717) is 22.5 Å². The Kier molecular flexibility index (Phi) is 10.8. The highest BCUT2D eigenvalue weighted by Gasteiger charge is 2.12. The molecule has 0 spiro atoms. The maximum Gasteiger partial charge on any atom is 0.233 e. The van der Waals surface area contributed by atoms with Gasteiger partial charge >= 0.3 is 0 Å². The molecule has 0 saturated carbocycles. The van der Waals surface area contributed by atoms with Gasteiger partial charge < -0.3 is 31.9 Å². The van der Waals surface area contributed by atoms with Crippen molar-refractivity contribution in [1.82, 2.24) is 29.9 Å². The van der Waals surface area contributed by atoms with Crippen LogP contribution in [0, 0.1) is 36.5 Å². The number of nitriles is 2. The number of hydrogen-bond acceptors (Lipinski definition) is 14. The Morgan fingerprint density at radius 3 is 1.20 bits per heavy atom.